The number of carboxylic acids is 1. The van der Waals surface area contributed by atoms with Gasteiger partial charge in [0.05, 0.1) is 0 Å². The fraction of sp³-hybridized carbons (Fsp3) is 0.480. The van der Waals surface area contributed by atoms with Crippen LogP contribution in [0.15, 0.2) is 65.9 Å². The van der Waals surface area contributed by atoms with Crippen molar-refractivity contribution in [3.63, 3.8) is 0 Å². The predicted molar refractivity (Wildman–Crippen MR) is 122 cm³/mol. The van der Waals surface area contributed by atoms with Crippen LogP contribution in [0.25, 0.3) is 0 Å². The maximum absolute atomic E-state index is 11.7. The summed E-state index contributed by atoms with van der Waals surface area (Å²) in [5.74, 6) is -0.777. The molecule has 1 saturated heterocycles. The molecular formula is C25H35N3O2. The summed E-state index contributed by atoms with van der Waals surface area (Å²) in [6.45, 7) is 9.94. The van der Waals surface area contributed by atoms with Gasteiger partial charge in [0.15, 0.2) is 0 Å². The van der Waals surface area contributed by atoms with Crippen molar-refractivity contribution in [3.8, 4) is 0 Å². The van der Waals surface area contributed by atoms with Crippen LogP contribution in [0.3, 0.4) is 0 Å². The van der Waals surface area contributed by atoms with Crippen LogP contribution < -0.4 is 10.6 Å². The van der Waals surface area contributed by atoms with Gasteiger partial charge < -0.3 is 15.7 Å². The normalized spacial score (nSPS) is 18.8. The van der Waals surface area contributed by atoms with Crippen molar-refractivity contribution in [1.29, 1.82) is 0 Å². The van der Waals surface area contributed by atoms with Crippen LogP contribution in [-0.2, 0) is 4.79 Å². The molecule has 0 saturated carbocycles. The molecular weight excluding hydrogens is 374 g/mol. The molecule has 5 heteroatoms. The third kappa shape index (κ3) is 6.31. The van der Waals surface area contributed by atoms with E-state index in [1.807, 2.05) is 35.2 Å². The van der Waals surface area contributed by atoms with E-state index in [0.29, 0.717) is 6.04 Å². The van der Waals surface area contributed by atoms with E-state index in [1.165, 1.54) is 23.3 Å². The molecule has 5 nitrogen and oxygen atoms in total. The molecule has 0 spiro atoms. The van der Waals surface area contributed by atoms with Crippen LogP contribution in [0.2, 0.25) is 0 Å². The van der Waals surface area contributed by atoms with Crippen molar-refractivity contribution in [2.75, 3.05) is 26.2 Å². The number of nitrogens with zero attached hydrogens (tertiary/aromatic N) is 1. The lowest BCUT2D eigenvalue weighted by atomic mass is 9.99. The molecule has 1 atom stereocenters. The number of rotatable bonds is 11. The number of carboxylic acid groups (broad SMARTS) is 1. The van der Waals surface area contributed by atoms with Gasteiger partial charge in [0.1, 0.15) is 6.04 Å². The van der Waals surface area contributed by atoms with Crippen molar-refractivity contribution in [3.05, 3.63) is 71.5 Å². The van der Waals surface area contributed by atoms with Gasteiger partial charge in [-0.2, -0.15) is 0 Å². The van der Waals surface area contributed by atoms with Crippen LogP contribution in [0.5, 0.6) is 0 Å². The van der Waals surface area contributed by atoms with E-state index in [1.54, 1.807) is 0 Å². The molecule has 1 aromatic rings. The summed E-state index contributed by atoms with van der Waals surface area (Å²) in [6, 6.07) is 9.33. The minimum Gasteiger partial charge on any atom is -0.480 e. The zero-order valence-corrected chi connectivity index (χ0v) is 18.1. The van der Waals surface area contributed by atoms with Crippen molar-refractivity contribution in [2.45, 2.75) is 51.1 Å². The summed E-state index contributed by atoms with van der Waals surface area (Å²) in [7, 11) is 0. The lowest BCUT2D eigenvalue weighted by molar-refractivity contribution is -0.145. The fourth-order valence-electron chi connectivity index (χ4n) is 4.15. The first-order chi connectivity index (χ1) is 14.5. The highest BCUT2D eigenvalue weighted by Gasteiger charge is 2.36. The van der Waals surface area contributed by atoms with Gasteiger partial charge in [-0.05, 0) is 56.7 Å². The van der Waals surface area contributed by atoms with Crippen LogP contribution in [0, 0.1) is 0 Å². The molecule has 0 aliphatic carbocycles. The number of allylic oxidation sites excluding steroid dienone is 5. The van der Waals surface area contributed by atoms with Gasteiger partial charge in [-0.1, -0.05) is 54.6 Å². The second-order valence-corrected chi connectivity index (χ2v) is 8.39. The number of benzene rings is 1. The fourth-order valence-corrected chi connectivity index (χ4v) is 4.15. The summed E-state index contributed by atoms with van der Waals surface area (Å²) >= 11 is 0. The standard InChI is InChI=1S/C25H35N3O2/c1-19(13-14-21-12-8-16-26-20(21)2)9-6-7-15-27-23-17-28(18-23)24(25(29)30)22-10-4-3-5-11-22/h3-5,10-11,13-14,23-24,26-27H,1,6-9,12,15-18H2,2H3,(H,29,30)/b14-13-. The van der Waals surface area contributed by atoms with Crippen molar-refractivity contribution in [2.24, 2.45) is 0 Å². The van der Waals surface area contributed by atoms with E-state index in [0.717, 1.165) is 57.4 Å². The molecule has 1 fully saturated rings. The highest BCUT2D eigenvalue weighted by atomic mass is 16.4. The molecule has 3 rings (SSSR count). The molecule has 0 amide bonds. The maximum Gasteiger partial charge on any atom is 0.325 e. The molecule has 0 bridgehead atoms. The highest BCUT2D eigenvalue weighted by molar-refractivity contribution is 5.75. The molecule has 1 aromatic carbocycles. The van der Waals surface area contributed by atoms with E-state index in [9.17, 15) is 9.90 Å². The maximum atomic E-state index is 11.7. The Morgan fingerprint density at radius 1 is 1.33 bits per heavy atom. The minimum absolute atomic E-state index is 0.382. The highest BCUT2D eigenvalue weighted by Crippen LogP contribution is 2.26. The largest absolute Gasteiger partial charge is 0.480 e. The van der Waals surface area contributed by atoms with Crippen LogP contribution >= 0.6 is 0 Å². The average molecular weight is 410 g/mol. The summed E-state index contributed by atoms with van der Waals surface area (Å²) in [6.07, 6.45) is 9.97. The molecule has 0 radical (unpaired) electrons. The summed E-state index contributed by atoms with van der Waals surface area (Å²) in [4.78, 5) is 13.7. The molecule has 2 aliphatic rings. The second-order valence-electron chi connectivity index (χ2n) is 8.39. The van der Waals surface area contributed by atoms with E-state index in [4.69, 9.17) is 0 Å². The first-order valence-electron chi connectivity index (χ1n) is 11.1. The van der Waals surface area contributed by atoms with E-state index in [2.05, 4.69) is 36.3 Å². The Morgan fingerprint density at radius 2 is 2.10 bits per heavy atom. The van der Waals surface area contributed by atoms with Gasteiger partial charge in [0, 0.05) is 31.4 Å². The Morgan fingerprint density at radius 3 is 2.80 bits per heavy atom. The van der Waals surface area contributed by atoms with Crippen molar-refractivity contribution >= 4 is 5.97 Å². The number of likely N-dealkylation sites (tertiary alicyclic amines) is 1. The molecule has 30 heavy (non-hydrogen) atoms. The van der Waals surface area contributed by atoms with Gasteiger partial charge >= 0.3 is 5.97 Å². The zero-order chi connectivity index (χ0) is 21.3. The summed E-state index contributed by atoms with van der Waals surface area (Å²) in [5, 5.41) is 16.6. The van der Waals surface area contributed by atoms with E-state index >= 15 is 0 Å². The van der Waals surface area contributed by atoms with E-state index < -0.39 is 12.0 Å². The zero-order valence-electron chi connectivity index (χ0n) is 18.1. The lowest BCUT2D eigenvalue weighted by Gasteiger charge is -2.43. The number of carbonyl (C=O) groups is 1. The van der Waals surface area contributed by atoms with Crippen LogP contribution in [-0.4, -0.2) is 48.2 Å². The summed E-state index contributed by atoms with van der Waals surface area (Å²) < 4.78 is 0. The Hall–Kier alpha value is -2.37. The van der Waals surface area contributed by atoms with Gasteiger partial charge in [0.2, 0.25) is 0 Å². The average Bonchev–Trinajstić information content (AvgIpc) is 2.71. The van der Waals surface area contributed by atoms with Gasteiger partial charge in [-0.3, -0.25) is 9.69 Å². The number of hydrogen-bond donors (Lipinski definition) is 3. The Kier molecular flexibility index (Phi) is 8.29. The summed E-state index contributed by atoms with van der Waals surface area (Å²) in [5.41, 5.74) is 4.73. The van der Waals surface area contributed by atoms with Gasteiger partial charge in [0.25, 0.3) is 0 Å². The van der Waals surface area contributed by atoms with Gasteiger partial charge in [-0.15, -0.1) is 0 Å². The molecule has 0 aromatic heterocycles. The van der Waals surface area contributed by atoms with Crippen molar-refractivity contribution in [1.82, 2.24) is 15.5 Å². The van der Waals surface area contributed by atoms with Crippen molar-refractivity contribution < 1.29 is 9.90 Å². The van der Waals surface area contributed by atoms with Crippen LogP contribution in [0.4, 0.5) is 0 Å². The molecule has 2 heterocycles. The quantitative estimate of drug-likeness (QED) is 0.380. The second kappa shape index (κ2) is 11.1. The molecule has 2 aliphatic heterocycles. The number of hydrogen-bond acceptors (Lipinski definition) is 4. The Balaban J connectivity index is 1.30. The first kappa shape index (κ1) is 22.3. The number of unbranched alkanes of at least 4 members (excludes halogenated alkanes) is 1. The Bertz CT molecular complexity index is 779. The third-order valence-electron chi connectivity index (χ3n) is 6.00. The van der Waals surface area contributed by atoms with E-state index in [-0.39, 0.29) is 0 Å². The Labute approximate surface area is 180 Å². The molecule has 162 valence electrons. The number of aliphatic carboxylic acids is 1. The smallest absolute Gasteiger partial charge is 0.325 e. The molecule has 1 unspecified atom stereocenters. The SMILES string of the molecule is C=C(/C=C\C1=C(C)NCCC1)CCCCNC1CN(C(C(=O)O)c2ccccc2)C1. The number of nitrogens with one attached hydrogen (secondary N) is 2. The third-order valence-corrected chi connectivity index (χ3v) is 6.00. The first-order valence-corrected chi connectivity index (χ1v) is 11.1. The van der Waals surface area contributed by atoms with Gasteiger partial charge in [-0.25, -0.2) is 0 Å². The van der Waals surface area contributed by atoms with Crippen LogP contribution in [0.1, 0.15) is 50.6 Å². The minimum atomic E-state index is -0.777. The topological polar surface area (TPSA) is 64.6 Å². The molecule has 3 N–H and O–H groups in total. The lowest BCUT2D eigenvalue weighted by Crippen LogP contribution is -2.60. The monoisotopic (exact) mass is 409 g/mol. The predicted octanol–water partition coefficient (Wildman–Crippen LogP) is 4.03.